The molecule has 5 nitrogen and oxygen atoms in total. The van der Waals surface area contributed by atoms with E-state index in [0.717, 1.165) is 16.8 Å². The second-order valence-electron chi connectivity index (χ2n) is 5.92. The Bertz CT molecular complexity index is 921. The zero-order chi connectivity index (χ0) is 19.4. The minimum absolute atomic E-state index is 0.0558. The highest BCUT2D eigenvalue weighted by Gasteiger charge is 2.32. The Morgan fingerprint density at radius 3 is 2.56 bits per heavy atom. The molecule has 1 amide bonds. The normalized spacial score (nSPS) is 17.0. The van der Waals surface area contributed by atoms with Crippen LogP contribution in [0.2, 0.25) is 0 Å². The maximum atomic E-state index is 12.9. The second-order valence-corrected chi connectivity index (χ2v) is 6.93. The van der Waals surface area contributed by atoms with Crippen LogP contribution >= 0.6 is 11.8 Å². The lowest BCUT2D eigenvalue weighted by Gasteiger charge is -2.12. The van der Waals surface area contributed by atoms with E-state index in [1.165, 1.54) is 11.8 Å². The van der Waals surface area contributed by atoms with Crippen molar-refractivity contribution in [2.75, 3.05) is 20.8 Å². The summed E-state index contributed by atoms with van der Waals surface area (Å²) >= 11 is 1.37. The smallest absolute Gasteiger partial charge is 0.266 e. The highest BCUT2D eigenvalue weighted by Crippen LogP contribution is 2.38. The number of ether oxygens (including phenoxy) is 2. The SMILES string of the molecule is CCN1C(=O)/C(=C\c2cccc(OC)c2OC)SC1=Nc1ccccc1C. The zero-order valence-corrected chi connectivity index (χ0v) is 16.7. The van der Waals surface area contributed by atoms with Crippen LogP contribution < -0.4 is 9.47 Å². The Hall–Kier alpha value is -2.73. The van der Waals surface area contributed by atoms with Gasteiger partial charge in [-0.3, -0.25) is 9.69 Å². The number of aliphatic imine (C=N–C) groups is 1. The van der Waals surface area contributed by atoms with Crippen molar-refractivity contribution in [3.8, 4) is 11.5 Å². The summed E-state index contributed by atoms with van der Waals surface area (Å²) < 4.78 is 10.8. The second kappa shape index (κ2) is 8.31. The summed E-state index contributed by atoms with van der Waals surface area (Å²) in [6.45, 7) is 4.51. The lowest BCUT2D eigenvalue weighted by Crippen LogP contribution is -2.28. The highest BCUT2D eigenvalue weighted by molar-refractivity contribution is 8.18. The van der Waals surface area contributed by atoms with E-state index in [-0.39, 0.29) is 5.91 Å². The predicted octanol–water partition coefficient (Wildman–Crippen LogP) is 4.64. The molecule has 0 N–H and O–H groups in total. The van der Waals surface area contributed by atoms with Gasteiger partial charge in [0.2, 0.25) is 0 Å². The molecule has 1 saturated heterocycles. The van der Waals surface area contributed by atoms with Crippen LogP contribution in [0.4, 0.5) is 5.69 Å². The molecule has 0 aromatic heterocycles. The number of carbonyl (C=O) groups is 1. The quantitative estimate of drug-likeness (QED) is 0.707. The van der Waals surface area contributed by atoms with Gasteiger partial charge in [0.25, 0.3) is 5.91 Å². The van der Waals surface area contributed by atoms with E-state index >= 15 is 0 Å². The number of hydrogen-bond acceptors (Lipinski definition) is 5. The molecule has 1 fully saturated rings. The topological polar surface area (TPSA) is 51.1 Å². The first-order chi connectivity index (χ1) is 13.1. The molecule has 2 aromatic carbocycles. The van der Waals surface area contributed by atoms with Crippen molar-refractivity contribution in [2.45, 2.75) is 13.8 Å². The number of para-hydroxylation sites is 2. The molecular weight excluding hydrogens is 360 g/mol. The van der Waals surface area contributed by atoms with Crippen molar-refractivity contribution in [1.29, 1.82) is 0 Å². The minimum atomic E-state index is -0.0558. The third kappa shape index (κ3) is 3.85. The molecule has 0 spiro atoms. The number of aryl methyl sites for hydroxylation is 1. The zero-order valence-electron chi connectivity index (χ0n) is 15.9. The highest BCUT2D eigenvalue weighted by atomic mass is 32.2. The fraction of sp³-hybridized carbons (Fsp3) is 0.238. The number of hydrogen-bond donors (Lipinski definition) is 0. The molecule has 27 heavy (non-hydrogen) atoms. The predicted molar refractivity (Wildman–Crippen MR) is 111 cm³/mol. The van der Waals surface area contributed by atoms with Crippen LogP contribution in [0, 0.1) is 6.92 Å². The van der Waals surface area contributed by atoms with Crippen LogP contribution in [0.15, 0.2) is 52.4 Å². The molecule has 3 rings (SSSR count). The Balaban J connectivity index is 2.01. The summed E-state index contributed by atoms with van der Waals surface area (Å²) in [6, 6.07) is 13.5. The summed E-state index contributed by atoms with van der Waals surface area (Å²) in [7, 11) is 3.18. The van der Waals surface area contributed by atoms with E-state index in [2.05, 4.69) is 0 Å². The van der Waals surface area contributed by atoms with Crippen molar-refractivity contribution in [2.24, 2.45) is 4.99 Å². The molecule has 1 aliphatic rings. The summed E-state index contributed by atoms with van der Waals surface area (Å²) in [5.74, 6) is 1.18. The van der Waals surface area contributed by atoms with Gasteiger partial charge in [0, 0.05) is 12.1 Å². The molecule has 0 bridgehead atoms. The lowest BCUT2D eigenvalue weighted by atomic mass is 10.1. The summed E-state index contributed by atoms with van der Waals surface area (Å²) in [5, 5.41) is 0.685. The van der Waals surface area contributed by atoms with E-state index in [1.54, 1.807) is 19.1 Å². The van der Waals surface area contributed by atoms with Crippen molar-refractivity contribution in [3.05, 3.63) is 58.5 Å². The molecule has 140 valence electrons. The van der Waals surface area contributed by atoms with Gasteiger partial charge in [-0.1, -0.05) is 30.3 Å². The van der Waals surface area contributed by atoms with Crippen molar-refractivity contribution in [1.82, 2.24) is 4.90 Å². The van der Waals surface area contributed by atoms with Crippen LogP contribution in [-0.4, -0.2) is 36.7 Å². The number of amides is 1. The molecule has 0 radical (unpaired) electrons. The minimum Gasteiger partial charge on any atom is -0.493 e. The molecule has 1 aliphatic heterocycles. The summed E-state index contributed by atoms with van der Waals surface area (Å²) in [5.41, 5.74) is 2.73. The Morgan fingerprint density at radius 2 is 1.89 bits per heavy atom. The summed E-state index contributed by atoms with van der Waals surface area (Å²) in [4.78, 5) is 19.9. The third-order valence-corrected chi connectivity index (χ3v) is 5.26. The van der Waals surface area contributed by atoms with Gasteiger partial charge in [-0.05, 0) is 49.4 Å². The number of methoxy groups -OCH3 is 2. The van der Waals surface area contributed by atoms with Crippen molar-refractivity contribution in [3.63, 3.8) is 0 Å². The molecule has 0 saturated carbocycles. The number of thioether (sulfide) groups is 1. The first-order valence-corrected chi connectivity index (χ1v) is 9.47. The first kappa shape index (κ1) is 19.0. The van der Waals surface area contributed by atoms with Crippen molar-refractivity contribution >= 4 is 34.6 Å². The van der Waals surface area contributed by atoms with E-state index in [9.17, 15) is 4.79 Å². The van der Waals surface area contributed by atoms with Crippen LogP contribution in [-0.2, 0) is 4.79 Å². The van der Waals surface area contributed by atoms with E-state index in [1.807, 2.05) is 62.4 Å². The average molecular weight is 382 g/mol. The van der Waals surface area contributed by atoms with E-state index in [4.69, 9.17) is 14.5 Å². The Morgan fingerprint density at radius 1 is 1.11 bits per heavy atom. The summed E-state index contributed by atoms with van der Waals surface area (Å²) in [6.07, 6.45) is 1.83. The largest absolute Gasteiger partial charge is 0.493 e. The molecule has 6 heteroatoms. The van der Waals surface area contributed by atoms with Gasteiger partial charge in [-0.15, -0.1) is 0 Å². The van der Waals surface area contributed by atoms with Gasteiger partial charge < -0.3 is 9.47 Å². The van der Waals surface area contributed by atoms with Gasteiger partial charge in [0.05, 0.1) is 24.8 Å². The van der Waals surface area contributed by atoms with E-state index in [0.29, 0.717) is 28.1 Å². The monoisotopic (exact) mass is 382 g/mol. The number of amidine groups is 1. The third-order valence-electron chi connectivity index (χ3n) is 4.26. The van der Waals surface area contributed by atoms with Crippen LogP contribution in [0.5, 0.6) is 11.5 Å². The molecule has 1 heterocycles. The molecule has 0 aliphatic carbocycles. The average Bonchev–Trinajstić information content (AvgIpc) is 2.97. The van der Waals surface area contributed by atoms with Gasteiger partial charge >= 0.3 is 0 Å². The van der Waals surface area contributed by atoms with Gasteiger partial charge in [0.1, 0.15) is 0 Å². The van der Waals surface area contributed by atoms with Gasteiger partial charge in [-0.25, -0.2) is 4.99 Å². The number of nitrogens with zero attached hydrogens (tertiary/aromatic N) is 2. The fourth-order valence-electron chi connectivity index (χ4n) is 2.83. The maximum absolute atomic E-state index is 12.9. The Kier molecular flexibility index (Phi) is 5.86. The van der Waals surface area contributed by atoms with Gasteiger partial charge in [-0.2, -0.15) is 0 Å². The number of rotatable bonds is 5. The molecule has 0 unspecified atom stereocenters. The van der Waals surface area contributed by atoms with Crippen LogP contribution in [0.3, 0.4) is 0 Å². The molecule has 0 atom stereocenters. The van der Waals surface area contributed by atoms with E-state index < -0.39 is 0 Å². The molecule has 2 aromatic rings. The Labute approximate surface area is 163 Å². The number of carbonyl (C=O) groups excluding carboxylic acids is 1. The first-order valence-electron chi connectivity index (χ1n) is 8.65. The molecular formula is C21H22N2O3S. The van der Waals surface area contributed by atoms with Crippen LogP contribution in [0.1, 0.15) is 18.1 Å². The van der Waals surface area contributed by atoms with Gasteiger partial charge in [0.15, 0.2) is 16.7 Å². The standard InChI is InChI=1S/C21H22N2O3S/c1-5-23-20(24)18(13-15-10-8-12-17(25-3)19(15)26-4)27-21(23)22-16-11-7-6-9-14(16)2/h6-13H,5H2,1-4H3/b18-13+,22-21?. The maximum Gasteiger partial charge on any atom is 0.266 e. The number of benzene rings is 2. The van der Waals surface area contributed by atoms with Crippen LogP contribution in [0.25, 0.3) is 6.08 Å². The fourth-order valence-corrected chi connectivity index (χ4v) is 3.88. The lowest BCUT2D eigenvalue weighted by molar-refractivity contribution is -0.122. The number of likely N-dealkylation sites (N-methyl/N-ethyl adjacent to an activating group) is 1. The van der Waals surface area contributed by atoms with Crippen molar-refractivity contribution < 1.29 is 14.3 Å².